The summed E-state index contributed by atoms with van der Waals surface area (Å²) < 4.78 is 0. The van der Waals surface area contributed by atoms with Gasteiger partial charge in [-0.05, 0) is 42.9 Å². The molecule has 2 atom stereocenters. The molecule has 0 heteroatoms. The minimum Gasteiger partial charge on any atom is -0.0651 e. The van der Waals surface area contributed by atoms with Crippen LogP contribution in [0.2, 0.25) is 0 Å². The summed E-state index contributed by atoms with van der Waals surface area (Å²) in [5.74, 6) is 4.12. The van der Waals surface area contributed by atoms with Crippen molar-refractivity contribution in [3.05, 3.63) is 0 Å². The summed E-state index contributed by atoms with van der Waals surface area (Å²) in [5.41, 5.74) is 0. The molecule has 1 saturated carbocycles. The van der Waals surface area contributed by atoms with Crippen molar-refractivity contribution in [3.63, 3.8) is 0 Å². The first kappa shape index (κ1) is 16.1. The van der Waals surface area contributed by atoms with Gasteiger partial charge in [0, 0.05) is 0 Å². The summed E-state index contributed by atoms with van der Waals surface area (Å²) >= 11 is 0. The van der Waals surface area contributed by atoms with Crippen molar-refractivity contribution < 1.29 is 0 Å². The van der Waals surface area contributed by atoms with E-state index in [1.807, 2.05) is 0 Å². The Morgan fingerprint density at radius 3 is 1.44 bits per heavy atom. The molecule has 0 aromatic heterocycles. The van der Waals surface area contributed by atoms with Crippen LogP contribution < -0.4 is 0 Å². The van der Waals surface area contributed by atoms with E-state index >= 15 is 0 Å². The second-order valence-electron chi connectivity index (χ2n) is 6.74. The van der Waals surface area contributed by atoms with Gasteiger partial charge in [0.2, 0.25) is 0 Å². The summed E-state index contributed by atoms with van der Waals surface area (Å²) in [6, 6.07) is 0. The average molecular weight is 252 g/mol. The van der Waals surface area contributed by atoms with Crippen LogP contribution in [0.25, 0.3) is 0 Å². The van der Waals surface area contributed by atoms with Crippen molar-refractivity contribution in [1.82, 2.24) is 0 Å². The quantitative estimate of drug-likeness (QED) is 0.466. The molecular weight excluding hydrogens is 216 g/mol. The molecule has 0 amide bonds. The minimum atomic E-state index is 1.00. The van der Waals surface area contributed by atoms with Gasteiger partial charge in [-0.3, -0.25) is 0 Å². The zero-order valence-electron chi connectivity index (χ0n) is 13.4. The summed E-state index contributed by atoms with van der Waals surface area (Å²) in [6.45, 7) is 9.49. The zero-order valence-corrected chi connectivity index (χ0v) is 13.4. The Labute approximate surface area is 116 Å². The van der Waals surface area contributed by atoms with Crippen molar-refractivity contribution in [2.75, 3.05) is 0 Å². The maximum Gasteiger partial charge on any atom is -0.0409 e. The van der Waals surface area contributed by atoms with E-state index in [0.717, 1.165) is 23.7 Å². The molecule has 1 fully saturated rings. The molecule has 0 aromatic rings. The second-order valence-corrected chi connectivity index (χ2v) is 6.74. The highest BCUT2D eigenvalue weighted by molar-refractivity contribution is 4.77. The predicted molar refractivity (Wildman–Crippen MR) is 82.8 cm³/mol. The van der Waals surface area contributed by atoms with Crippen molar-refractivity contribution in [2.45, 2.75) is 91.9 Å². The number of hydrogen-bond donors (Lipinski definition) is 0. The average Bonchev–Trinajstić information content (AvgIpc) is 2.42. The highest BCUT2D eigenvalue weighted by atomic mass is 14.3. The highest BCUT2D eigenvalue weighted by Crippen LogP contribution is 2.38. The number of hydrogen-bond acceptors (Lipinski definition) is 0. The van der Waals surface area contributed by atoms with Gasteiger partial charge in [-0.15, -0.1) is 0 Å². The monoisotopic (exact) mass is 252 g/mol. The standard InChI is InChI=1S/C18H36/c1-5-15(6-2)12-17-10-9-11-18(14-17)13-16(7-3)8-4/h15-18H,5-14H2,1-4H3. The molecule has 1 rings (SSSR count). The van der Waals surface area contributed by atoms with Crippen molar-refractivity contribution in [1.29, 1.82) is 0 Å². The van der Waals surface area contributed by atoms with Crippen LogP contribution in [0.1, 0.15) is 91.9 Å². The van der Waals surface area contributed by atoms with Crippen LogP contribution in [0.5, 0.6) is 0 Å². The van der Waals surface area contributed by atoms with Gasteiger partial charge in [0.25, 0.3) is 0 Å². The Bertz CT molecular complexity index is 168. The summed E-state index contributed by atoms with van der Waals surface area (Å²) in [7, 11) is 0. The fraction of sp³-hybridized carbons (Fsp3) is 1.00. The largest absolute Gasteiger partial charge is 0.0651 e. The van der Waals surface area contributed by atoms with Crippen molar-refractivity contribution in [2.24, 2.45) is 23.7 Å². The molecule has 108 valence electrons. The van der Waals surface area contributed by atoms with E-state index in [9.17, 15) is 0 Å². The summed E-state index contributed by atoms with van der Waals surface area (Å²) in [4.78, 5) is 0. The Kier molecular flexibility index (Phi) is 8.02. The lowest BCUT2D eigenvalue weighted by molar-refractivity contribution is 0.193. The van der Waals surface area contributed by atoms with Gasteiger partial charge in [0.05, 0.1) is 0 Å². The Morgan fingerprint density at radius 2 is 1.11 bits per heavy atom. The topological polar surface area (TPSA) is 0 Å². The lowest BCUT2D eigenvalue weighted by atomic mass is 9.73. The van der Waals surface area contributed by atoms with Gasteiger partial charge in [0.1, 0.15) is 0 Å². The van der Waals surface area contributed by atoms with E-state index in [1.54, 1.807) is 6.42 Å². The van der Waals surface area contributed by atoms with Gasteiger partial charge < -0.3 is 0 Å². The zero-order chi connectivity index (χ0) is 13.4. The molecular formula is C18H36. The molecule has 0 aliphatic heterocycles. The van der Waals surface area contributed by atoms with Gasteiger partial charge in [-0.2, -0.15) is 0 Å². The molecule has 0 aromatic carbocycles. The van der Waals surface area contributed by atoms with E-state index in [1.165, 1.54) is 57.8 Å². The third-order valence-corrected chi connectivity index (χ3v) is 5.53. The minimum absolute atomic E-state index is 1.00. The smallest absolute Gasteiger partial charge is 0.0409 e. The molecule has 1 aliphatic carbocycles. The first-order chi connectivity index (χ1) is 8.73. The van der Waals surface area contributed by atoms with E-state index in [2.05, 4.69) is 27.7 Å². The maximum absolute atomic E-state index is 2.37. The molecule has 1 aliphatic rings. The molecule has 0 spiro atoms. The van der Waals surface area contributed by atoms with E-state index in [-0.39, 0.29) is 0 Å². The van der Waals surface area contributed by atoms with Crippen LogP contribution >= 0.6 is 0 Å². The molecule has 0 nitrogen and oxygen atoms in total. The Hall–Kier alpha value is 0. The number of rotatable bonds is 8. The van der Waals surface area contributed by atoms with Gasteiger partial charge in [0.15, 0.2) is 0 Å². The van der Waals surface area contributed by atoms with E-state index in [4.69, 9.17) is 0 Å². The van der Waals surface area contributed by atoms with Crippen LogP contribution in [0, 0.1) is 23.7 Å². The first-order valence-corrected chi connectivity index (χ1v) is 8.73. The highest BCUT2D eigenvalue weighted by Gasteiger charge is 2.25. The predicted octanol–water partition coefficient (Wildman–Crippen LogP) is 6.45. The summed E-state index contributed by atoms with van der Waals surface area (Å²) in [6.07, 6.45) is 14.7. The third-order valence-electron chi connectivity index (χ3n) is 5.53. The van der Waals surface area contributed by atoms with Crippen molar-refractivity contribution >= 4 is 0 Å². The van der Waals surface area contributed by atoms with Crippen LogP contribution in [-0.4, -0.2) is 0 Å². The van der Waals surface area contributed by atoms with E-state index < -0.39 is 0 Å². The molecule has 0 saturated heterocycles. The van der Waals surface area contributed by atoms with E-state index in [0.29, 0.717) is 0 Å². The SMILES string of the molecule is CCC(CC)CC1CCCC(CC(CC)CC)C1. The van der Waals surface area contributed by atoms with Crippen LogP contribution in [0.15, 0.2) is 0 Å². The molecule has 0 radical (unpaired) electrons. The van der Waals surface area contributed by atoms with Crippen LogP contribution in [-0.2, 0) is 0 Å². The second kappa shape index (κ2) is 8.99. The van der Waals surface area contributed by atoms with Crippen LogP contribution in [0.4, 0.5) is 0 Å². The summed E-state index contributed by atoms with van der Waals surface area (Å²) in [5, 5.41) is 0. The molecule has 2 unspecified atom stereocenters. The lowest BCUT2D eigenvalue weighted by Crippen LogP contribution is -2.20. The maximum atomic E-state index is 2.37. The molecule has 0 bridgehead atoms. The first-order valence-electron chi connectivity index (χ1n) is 8.73. The van der Waals surface area contributed by atoms with Gasteiger partial charge in [-0.25, -0.2) is 0 Å². The third kappa shape index (κ3) is 5.33. The molecule has 18 heavy (non-hydrogen) atoms. The molecule has 0 N–H and O–H groups in total. The molecule has 0 heterocycles. The fourth-order valence-corrected chi connectivity index (χ4v) is 4.02. The fourth-order valence-electron chi connectivity index (χ4n) is 4.02. The van der Waals surface area contributed by atoms with Crippen molar-refractivity contribution in [3.8, 4) is 0 Å². The van der Waals surface area contributed by atoms with Gasteiger partial charge in [-0.1, -0.05) is 72.6 Å². The van der Waals surface area contributed by atoms with Crippen LogP contribution in [0.3, 0.4) is 0 Å². The Morgan fingerprint density at radius 1 is 0.722 bits per heavy atom. The normalized spacial score (nSPS) is 25.0. The lowest BCUT2D eigenvalue weighted by Gasteiger charge is -2.33. The Balaban J connectivity index is 2.35. The van der Waals surface area contributed by atoms with Gasteiger partial charge >= 0.3 is 0 Å².